The van der Waals surface area contributed by atoms with Crippen LogP contribution in [0.25, 0.3) is 0 Å². The quantitative estimate of drug-likeness (QED) is 0.876. The van der Waals surface area contributed by atoms with Gasteiger partial charge >= 0.3 is 6.01 Å². The molecule has 0 atom stereocenters. The van der Waals surface area contributed by atoms with E-state index in [0.29, 0.717) is 11.9 Å². The van der Waals surface area contributed by atoms with Crippen molar-refractivity contribution in [1.82, 2.24) is 15.3 Å². The number of hydrogen-bond donors (Lipinski definition) is 1. The van der Waals surface area contributed by atoms with Crippen LogP contribution in [0.5, 0.6) is 11.8 Å². The summed E-state index contributed by atoms with van der Waals surface area (Å²) < 4.78 is 5.77. The highest BCUT2D eigenvalue weighted by Gasteiger charge is 2.06. The third kappa shape index (κ3) is 4.26. The standard InChI is InChI=1S/C17H23N3O/c1-5-18-10-15-11-19-17(20-13(15)4)21-16-8-6-7-14(9-16)12(2)3/h6-9,11-12,18H,5,10H2,1-4H3. The van der Waals surface area contributed by atoms with Crippen LogP contribution in [0.1, 0.15) is 43.5 Å². The molecular weight excluding hydrogens is 262 g/mol. The lowest BCUT2D eigenvalue weighted by molar-refractivity contribution is 0.438. The average molecular weight is 285 g/mol. The smallest absolute Gasteiger partial charge is 0.322 e. The zero-order valence-electron chi connectivity index (χ0n) is 13.2. The maximum Gasteiger partial charge on any atom is 0.322 e. The van der Waals surface area contributed by atoms with Crippen molar-refractivity contribution < 1.29 is 4.74 Å². The molecule has 0 fully saturated rings. The monoisotopic (exact) mass is 285 g/mol. The van der Waals surface area contributed by atoms with Crippen LogP contribution < -0.4 is 10.1 Å². The van der Waals surface area contributed by atoms with Crippen molar-refractivity contribution in [3.8, 4) is 11.8 Å². The zero-order valence-corrected chi connectivity index (χ0v) is 13.2. The molecule has 1 aromatic heterocycles. The summed E-state index contributed by atoms with van der Waals surface area (Å²) >= 11 is 0. The summed E-state index contributed by atoms with van der Waals surface area (Å²) in [6.07, 6.45) is 1.83. The molecule has 112 valence electrons. The number of rotatable bonds is 6. The molecule has 0 aliphatic heterocycles. The predicted molar refractivity (Wildman–Crippen MR) is 84.8 cm³/mol. The van der Waals surface area contributed by atoms with Gasteiger partial charge in [-0.3, -0.25) is 0 Å². The Kier molecular flexibility index (Phi) is 5.28. The second-order valence-electron chi connectivity index (χ2n) is 5.37. The number of hydrogen-bond acceptors (Lipinski definition) is 4. The van der Waals surface area contributed by atoms with Crippen molar-refractivity contribution in [2.45, 2.75) is 40.2 Å². The fourth-order valence-corrected chi connectivity index (χ4v) is 2.00. The minimum Gasteiger partial charge on any atom is -0.424 e. The maximum atomic E-state index is 5.77. The van der Waals surface area contributed by atoms with Crippen LogP contribution in [0.15, 0.2) is 30.5 Å². The molecule has 0 bridgehead atoms. The fourth-order valence-electron chi connectivity index (χ4n) is 2.00. The molecule has 0 aliphatic carbocycles. The van der Waals surface area contributed by atoms with Crippen molar-refractivity contribution in [2.24, 2.45) is 0 Å². The molecule has 4 heteroatoms. The van der Waals surface area contributed by atoms with Crippen LogP contribution in [0.2, 0.25) is 0 Å². The van der Waals surface area contributed by atoms with E-state index in [1.165, 1.54) is 5.56 Å². The number of nitrogens with zero attached hydrogens (tertiary/aromatic N) is 2. The lowest BCUT2D eigenvalue weighted by Crippen LogP contribution is -2.13. The number of benzene rings is 1. The lowest BCUT2D eigenvalue weighted by atomic mass is 10.0. The largest absolute Gasteiger partial charge is 0.424 e. The Balaban J connectivity index is 2.12. The zero-order chi connectivity index (χ0) is 15.2. The van der Waals surface area contributed by atoms with E-state index in [9.17, 15) is 0 Å². The summed E-state index contributed by atoms with van der Waals surface area (Å²) in [4.78, 5) is 8.71. The second-order valence-corrected chi connectivity index (χ2v) is 5.37. The topological polar surface area (TPSA) is 47.0 Å². The van der Waals surface area contributed by atoms with Crippen molar-refractivity contribution in [3.63, 3.8) is 0 Å². The van der Waals surface area contributed by atoms with Crippen molar-refractivity contribution in [1.29, 1.82) is 0 Å². The molecule has 0 aliphatic rings. The molecule has 0 spiro atoms. The van der Waals surface area contributed by atoms with Gasteiger partial charge in [-0.25, -0.2) is 4.98 Å². The van der Waals surface area contributed by atoms with Gasteiger partial charge in [0, 0.05) is 24.0 Å². The van der Waals surface area contributed by atoms with E-state index in [-0.39, 0.29) is 0 Å². The van der Waals surface area contributed by atoms with Crippen molar-refractivity contribution >= 4 is 0 Å². The Morgan fingerprint density at radius 2 is 2.10 bits per heavy atom. The molecule has 0 unspecified atom stereocenters. The Bertz CT molecular complexity index is 596. The maximum absolute atomic E-state index is 5.77. The molecule has 0 saturated carbocycles. The van der Waals surface area contributed by atoms with E-state index in [4.69, 9.17) is 4.74 Å². The third-order valence-corrected chi connectivity index (χ3v) is 3.36. The number of aryl methyl sites for hydroxylation is 1. The normalized spacial score (nSPS) is 10.9. The van der Waals surface area contributed by atoms with Crippen LogP contribution in [-0.2, 0) is 6.54 Å². The van der Waals surface area contributed by atoms with Crippen molar-refractivity contribution in [3.05, 3.63) is 47.3 Å². The summed E-state index contributed by atoms with van der Waals surface area (Å²) in [7, 11) is 0. The molecule has 1 N–H and O–H groups in total. The van der Waals surface area contributed by atoms with Crippen LogP contribution >= 0.6 is 0 Å². The van der Waals surface area contributed by atoms with Crippen LogP contribution in [-0.4, -0.2) is 16.5 Å². The first kappa shape index (κ1) is 15.4. The highest BCUT2D eigenvalue weighted by Crippen LogP contribution is 2.23. The van der Waals surface area contributed by atoms with E-state index in [1.807, 2.05) is 31.3 Å². The van der Waals surface area contributed by atoms with Gasteiger partial charge in [-0.15, -0.1) is 0 Å². The Morgan fingerprint density at radius 1 is 1.29 bits per heavy atom. The Labute approximate surface area is 126 Å². The third-order valence-electron chi connectivity index (χ3n) is 3.36. The molecule has 4 nitrogen and oxygen atoms in total. The van der Waals surface area contributed by atoms with E-state index in [1.54, 1.807) is 0 Å². The van der Waals surface area contributed by atoms with Crippen LogP contribution in [0, 0.1) is 6.92 Å². The lowest BCUT2D eigenvalue weighted by Gasteiger charge is -2.10. The molecule has 1 aromatic carbocycles. The van der Waals surface area contributed by atoms with E-state index >= 15 is 0 Å². The molecular formula is C17H23N3O. The van der Waals surface area contributed by atoms with Gasteiger partial charge < -0.3 is 10.1 Å². The number of nitrogens with one attached hydrogen (secondary N) is 1. The average Bonchev–Trinajstić information content (AvgIpc) is 2.47. The summed E-state index contributed by atoms with van der Waals surface area (Å²) in [5.41, 5.74) is 3.29. The summed E-state index contributed by atoms with van der Waals surface area (Å²) in [5, 5.41) is 3.27. The van der Waals surface area contributed by atoms with Crippen molar-refractivity contribution in [2.75, 3.05) is 6.54 Å². The molecule has 0 saturated heterocycles. The molecule has 2 aromatic rings. The number of aromatic nitrogens is 2. The van der Waals surface area contributed by atoms with E-state index < -0.39 is 0 Å². The summed E-state index contributed by atoms with van der Waals surface area (Å²) in [6.45, 7) is 10.1. The highest BCUT2D eigenvalue weighted by atomic mass is 16.5. The van der Waals surface area contributed by atoms with Gasteiger partial charge in [0.25, 0.3) is 0 Å². The van der Waals surface area contributed by atoms with Gasteiger partial charge in [0.15, 0.2) is 0 Å². The fraction of sp³-hybridized carbons (Fsp3) is 0.412. The van der Waals surface area contributed by atoms with E-state index in [0.717, 1.165) is 30.1 Å². The molecule has 2 rings (SSSR count). The van der Waals surface area contributed by atoms with Crippen LogP contribution in [0.3, 0.4) is 0 Å². The van der Waals surface area contributed by atoms with Gasteiger partial charge in [0.2, 0.25) is 0 Å². The molecule has 1 heterocycles. The molecule has 0 radical (unpaired) electrons. The minimum atomic E-state index is 0.397. The Hall–Kier alpha value is -1.94. The molecule has 0 amide bonds. The predicted octanol–water partition coefficient (Wildman–Crippen LogP) is 3.81. The van der Waals surface area contributed by atoms with Gasteiger partial charge in [-0.2, -0.15) is 4.98 Å². The Morgan fingerprint density at radius 3 is 2.76 bits per heavy atom. The highest BCUT2D eigenvalue weighted by molar-refractivity contribution is 5.32. The van der Waals surface area contributed by atoms with Crippen LogP contribution in [0.4, 0.5) is 0 Å². The summed E-state index contributed by atoms with van der Waals surface area (Å²) in [5.74, 6) is 1.25. The van der Waals surface area contributed by atoms with Gasteiger partial charge in [-0.1, -0.05) is 32.9 Å². The first-order chi connectivity index (χ1) is 10.1. The minimum absolute atomic E-state index is 0.397. The van der Waals surface area contributed by atoms with Gasteiger partial charge in [0.05, 0.1) is 0 Å². The van der Waals surface area contributed by atoms with Gasteiger partial charge in [-0.05, 0) is 37.1 Å². The summed E-state index contributed by atoms with van der Waals surface area (Å²) in [6, 6.07) is 8.46. The number of ether oxygens (including phenoxy) is 1. The first-order valence-corrected chi connectivity index (χ1v) is 7.41. The SMILES string of the molecule is CCNCc1cnc(Oc2cccc(C(C)C)c2)nc1C. The second kappa shape index (κ2) is 7.18. The van der Waals surface area contributed by atoms with Gasteiger partial charge in [0.1, 0.15) is 5.75 Å². The van der Waals surface area contributed by atoms with E-state index in [2.05, 4.69) is 42.1 Å². The molecule has 21 heavy (non-hydrogen) atoms. The first-order valence-electron chi connectivity index (χ1n) is 7.41.